The summed E-state index contributed by atoms with van der Waals surface area (Å²) in [5.41, 5.74) is 1.67. The van der Waals surface area contributed by atoms with Crippen LogP contribution in [0.25, 0.3) is 0 Å². The molecule has 0 aromatic heterocycles. The van der Waals surface area contributed by atoms with E-state index < -0.39 is 5.97 Å². The maximum Gasteiger partial charge on any atom is 0.319 e. The number of aryl methyl sites for hydroxylation is 1. The van der Waals surface area contributed by atoms with Crippen LogP contribution in [0.4, 0.5) is 10.5 Å². The molecule has 2 amide bonds. The number of carboxylic acids is 1. The van der Waals surface area contributed by atoms with Crippen LogP contribution in [0.2, 0.25) is 0 Å². The molecule has 3 N–H and O–H groups in total. The molecule has 1 aliphatic carbocycles. The van der Waals surface area contributed by atoms with Gasteiger partial charge in [-0.2, -0.15) is 0 Å². The number of hydrogen-bond donors (Lipinski definition) is 3. The van der Waals surface area contributed by atoms with Crippen LogP contribution < -0.4 is 10.6 Å². The molecule has 1 fully saturated rings. The van der Waals surface area contributed by atoms with E-state index in [0.717, 1.165) is 24.1 Å². The average molecular weight is 262 g/mol. The van der Waals surface area contributed by atoms with Crippen molar-refractivity contribution >= 4 is 17.7 Å². The first-order chi connectivity index (χ1) is 9.13. The van der Waals surface area contributed by atoms with Crippen molar-refractivity contribution in [1.82, 2.24) is 5.32 Å². The molecule has 0 saturated heterocycles. The maximum atomic E-state index is 11.6. The van der Waals surface area contributed by atoms with Gasteiger partial charge in [-0.15, -0.1) is 0 Å². The lowest BCUT2D eigenvalue weighted by molar-refractivity contribution is -0.136. The van der Waals surface area contributed by atoms with Gasteiger partial charge in [-0.05, 0) is 43.4 Å². The molecular weight excluding hydrogens is 244 g/mol. The van der Waals surface area contributed by atoms with E-state index in [1.54, 1.807) is 12.1 Å². The SMILES string of the molecule is O=C(O)CCc1ccc(NC(=O)NC2CCC2)cc1. The van der Waals surface area contributed by atoms with E-state index in [9.17, 15) is 9.59 Å². The number of carbonyl (C=O) groups excluding carboxylic acids is 1. The van der Waals surface area contributed by atoms with E-state index in [4.69, 9.17) is 5.11 Å². The van der Waals surface area contributed by atoms with Crippen molar-refractivity contribution in [2.24, 2.45) is 0 Å². The third-order valence-corrected chi connectivity index (χ3v) is 3.28. The molecule has 102 valence electrons. The van der Waals surface area contributed by atoms with Crippen molar-refractivity contribution in [3.05, 3.63) is 29.8 Å². The van der Waals surface area contributed by atoms with E-state index >= 15 is 0 Å². The third-order valence-electron chi connectivity index (χ3n) is 3.28. The van der Waals surface area contributed by atoms with Gasteiger partial charge in [0.2, 0.25) is 0 Å². The molecule has 0 atom stereocenters. The predicted molar refractivity (Wildman–Crippen MR) is 72.2 cm³/mol. The molecule has 0 unspecified atom stereocenters. The second-order valence-electron chi connectivity index (χ2n) is 4.82. The summed E-state index contributed by atoms with van der Waals surface area (Å²) in [7, 11) is 0. The zero-order valence-corrected chi connectivity index (χ0v) is 10.7. The summed E-state index contributed by atoms with van der Waals surface area (Å²) in [6.45, 7) is 0. The molecule has 2 rings (SSSR count). The Morgan fingerprint density at radius 3 is 2.42 bits per heavy atom. The van der Waals surface area contributed by atoms with Crippen LogP contribution in [-0.2, 0) is 11.2 Å². The van der Waals surface area contributed by atoms with E-state index in [1.807, 2.05) is 12.1 Å². The van der Waals surface area contributed by atoms with Gasteiger partial charge in [-0.1, -0.05) is 12.1 Å². The fourth-order valence-corrected chi connectivity index (χ4v) is 1.91. The van der Waals surface area contributed by atoms with Crippen molar-refractivity contribution < 1.29 is 14.7 Å². The third kappa shape index (κ3) is 4.28. The lowest BCUT2D eigenvalue weighted by atomic mass is 9.93. The van der Waals surface area contributed by atoms with Crippen LogP contribution in [0.15, 0.2) is 24.3 Å². The van der Waals surface area contributed by atoms with Gasteiger partial charge in [0.1, 0.15) is 0 Å². The zero-order valence-electron chi connectivity index (χ0n) is 10.7. The van der Waals surface area contributed by atoms with E-state index in [0.29, 0.717) is 12.5 Å². The second-order valence-corrected chi connectivity index (χ2v) is 4.82. The Morgan fingerprint density at radius 1 is 1.21 bits per heavy atom. The fraction of sp³-hybridized carbons (Fsp3) is 0.429. The highest BCUT2D eigenvalue weighted by Gasteiger charge is 2.19. The Labute approximate surface area is 112 Å². The molecule has 0 spiro atoms. The number of nitrogens with one attached hydrogen (secondary N) is 2. The van der Waals surface area contributed by atoms with Gasteiger partial charge in [0.15, 0.2) is 0 Å². The Balaban J connectivity index is 1.80. The molecule has 0 radical (unpaired) electrons. The number of amides is 2. The quantitative estimate of drug-likeness (QED) is 0.762. The number of rotatable bonds is 5. The lowest BCUT2D eigenvalue weighted by Gasteiger charge is -2.26. The van der Waals surface area contributed by atoms with E-state index in [2.05, 4.69) is 10.6 Å². The van der Waals surface area contributed by atoms with Crippen LogP contribution >= 0.6 is 0 Å². The molecule has 1 aliphatic rings. The monoisotopic (exact) mass is 262 g/mol. The smallest absolute Gasteiger partial charge is 0.319 e. The number of aliphatic carboxylic acids is 1. The van der Waals surface area contributed by atoms with Crippen molar-refractivity contribution in [2.45, 2.75) is 38.1 Å². The van der Waals surface area contributed by atoms with Crippen LogP contribution in [-0.4, -0.2) is 23.1 Å². The summed E-state index contributed by atoms with van der Waals surface area (Å²) < 4.78 is 0. The van der Waals surface area contributed by atoms with Crippen molar-refractivity contribution in [2.75, 3.05) is 5.32 Å². The van der Waals surface area contributed by atoms with Crippen LogP contribution in [0, 0.1) is 0 Å². The zero-order chi connectivity index (χ0) is 13.7. The lowest BCUT2D eigenvalue weighted by Crippen LogP contribution is -2.41. The Kier molecular flexibility index (Phi) is 4.39. The molecule has 1 saturated carbocycles. The van der Waals surface area contributed by atoms with Crippen LogP contribution in [0.1, 0.15) is 31.2 Å². The largest absolute Gasteiger partial charge is 0.481 e. The van der Waals surface area contributed by atoms with Gasteiger partial charge in [0.25, 0.3) is 0 Å². The Hall–Kier alpha value is -2.04. The summed E-state index contributed by atoms with van der Waals surface area (Å²) in [5, 5.41) is 14.3. The van der Waals surface area contributed by atoms with Gasteiger partial charge < -0.3 is 15.7 Å². The van der Waals surface area contributed by atoms with Gasteiger partial charge >= 0.3 is 12.0 Å². The molecule has 1 aromatic rings. The molecule has 19 heavy (non-hydrogen) atoms. The maximum absolute atomic E-state index is 11.6. The number of carboxylic acid groups (broad SMARTS) is 1. The highest BCUT2D eigenvalue weighted by atomic mass is 16.4. The molecule has 0 aliphatic heterocycles. The number of benzene rings is 1. The summed E-state index contributed by atoms with van der Waals surface area (Å²) in [5.74, 6) is -0.804. The number of urea groups is 1. The highest BCUT2D eigenvalue weighted by Crippen LogP contribution is 2.18. The minimum absolute atomic E-state index is 0.120. The first kappa shape index (κ1) is 13.4. The number of carbonyl (C=O) groups is 2. The fourth-order valence-electron chi connectivity index (χ4n) is 1.91. The normalized spacial score (nSPS) is 14.5. The highest BCUT2D eigenvalue weighted by molar-refractivity contribution is 5.89. The van der Waals surface area contributed by atoms with Gasteiger partial charge in [0.05, 0.1) is 0 Å². The standard InChI is InChI=1S/C14H18N2O3/c17-13(18)9-6-10-4-7-12(8-5-10)16-14(19)15-11-2-1-3-11/h4-5,7-8,11H,1-3,6,9H2,(H,17,18)(H2,15,16,19). The number of hydrogen-bond acceptors (Lipinski definition) is 2. The predicted octanol–water partition coefficient (Wildman–Crippen LogP) is 2.38. The molecule has 5 nitrogen and oxygen atoms in total. The van der Waals surface area contributed by atoms with Crippen molar-refractivity contribution in [3.8, 4) is 0 Å². The summed E-state index contributed by atoms with van der Waals surface area (Å²) in [6, 6.07) is 7.39. The van der Waals surface area contributed by atoms with Crippen molar-refractivity contribution in [3.63, 3.8) is 0 Å². The first-order valence-electron chi connectivity index (χ1n) is 6.52. The van der Waals surface area contributed by atoms with Crippen LogP contribution in [0.3, 0.4) is 0 Å². The Morgan fingerprint density at radius 2 is 1.89 bits per heavy atom. The van der Waals surface area contributed by atoms with Gasteiger partial charge in [-0.3, -0.25) is 4.79 Å². The Bertz CT molecular complexity index is 452. The van der Waals surface area contributed by atoms with E-state index in [-0.39, 0.29) is 12.5 Å². The molecule has 0 heterocycles. The number of anilines is 1. The van der Waals surface area contributed by atoms with Crippen molar-refractivity contribution in [1.29, 1.82) is 0 Å². The molecular formula is C14H18N2O3. The minimum atomic E-state index is -0.804. The van der Waals surface area contributed by atoms with Gasteiger partial charge in [-0.25, -0.2) is 4.79 Å². The van der Waals surface area contributed by atoms with Crippen LogP contribution in [0.5, 0.6) is 0 Å². The molecule has 1 aromatic carbocycles. The molecule has 5 heteroatoms. The topological polar surface area (TPSA) is 78.4 Å². The van der Waals surface area contributed by atoms with Gasteiger partial charge in [0, 0.05) is 18.2 Å². The van der Waals surface area contributed by atoms with E-state index in [1.165, 1.54) is 6.42 Å². The summed E-state index contributed by atoms with van der Waals surface area (Å²) in [6.07, 6.45) is 3.92. The summed E-state index contributed by atoms with van der Waals surface area (Å²) >= 11 is 0. The first-order valence-corrected chi connectivity index (χ1v) is 6.52. The average Bonchev–Trinajstić information content (AvgIpc) is 2.33. The second kappa shape index (κ2) is 6.22. The molecule has 0 bridgehead atoms. The summed E-state index contributed by atoms with van der Waals surface area (Å²) in [4.78, 5) is 22.1. The minimum Gasteiger partial charge on any atom is -0.481 e.